The van der Waals surface area contributed by atoms with Crippen LogP contribution in [0.1, 0.15) is 24.3 Å². The van der Waals surface area contributed by atoms with Crippen LogP contribution in [0.5, 0.6) is 0 Å². The van der Waals surface area contributed by atoms with Crippen LogP contribution in [0.15, 0.2) is 30.3 Å². The van der Waals surface area contributed by atoms with Gasteiger partial charge in [-0.2, -0.15) is 4.52 Å². The molecule has 0 radical (unpaired) electrons. The van der Waals surface area contributed by atoms with Crippen LogP contribution < -0.4 is 0 Å². The maximum absolute atomic E-state index is 3.99. The average Bonchev–Trinajstić information content (AvgIpc) is 3.06. The van der Waals surface area contributed by atoms with E-state index in [2.05, 4.69) is 39.8 Å². The highest BCUT2D eigenvalue weighted by molar-refractivity contribution is 5.82. The van der Waals surface area contributed by atoms with E-state index in [0.29, 0.717) is 0 Å². The summed E-state index contributed by atoms with van der Waals surface area (Å²) in [6.07, 6.45) is 2.66. The topological polar surface area (TPSA) is 43.1 Å². The quantitative estimate of drug-likeness (QED) is 0.618. The Morgan fingerprint density at radius 1 is 1.12 bits per heavy atom. The summed E-state index contributed by atoms with van der Waals surface area (Å²) in [6.45, 7) is 0. The second-order valence-electron chi connectivity index (χ2n) is 4.37. The molecule has 0 unspecified atom stereocenters. The van der Waals surface area contributed by atoms with Crippen LogP contribution in [0.4, 0.5) is 0 Å². The first kappa shape index (κ1) is 8.21. The lowest BCUT2D eigenvalue weighted by atomic mass is 10.1. The standard InChI is InChI=1S/C12H10N4/c1-2-8(1)9-3-5-11-10(7-9)4-6-12-13-14-15-16(11)12/h3-8H,1-2H2. The van der Waals surface area contributed by atoms with E-state index in [9.17, 15) is 0 Å². The normalized spacial score (nSPS) is 16.0. The van der Waals surface area contributed by atoms with Crippen LogP contribution in [0, 0.1) is 0 Å². The van der Waals surface area contributed by atoms with E-state index in [-0.39, 0.29) is 0 Å². The zero-order valence-electron chi connectivity index (χ0n) is 8.67. The number of tetrazole rings is 1. The third-order valence-electron chi connectivity index (χ3n) is 3.23. The SMILES string of the molecule is c1cc2c(ccc3nnnn32)cc1C1CC1. The molecule has 2 aromatic heterocycles. The van der Waals surface area contributed by atoms with Crippen LogP contribution in [0.25, 0.3) is 16.6 Å². The Bertz CT molecular complexity index is 682. The number of hydrogen-bond donors (Lipinski definition) is 0. The van der Waals surface area contributed by atoms with Crippen molar-refractivity contribution in [3.63, 3.8) is 0 Å². The molecule has 1 fully saturated rings. The van der Waals surface area contributed by atoms with Gasteiger partial charge < -0.3 is 0 Å². The summed E-state index contributed by atoms with van der Waals surface area (Å²) in [5.74, 6) is 0.786. The second-order valence-corrected chi connectivity index (χ2v) is 4.37. The molecule has 3 aromatic rings. The van der Waals surface area contributed by atoms with Crippen molar-refractivity contribution in [1.29, 1.82) is 0 Å². The van der Waals surface area contributed by atoms with Crippen molar-refractivity contribution < 1.29 is 0 Å². The fourth-order valence-corrected chi connectivity index (χ4v) is 2.20. The van der Waals surface area contributed by atoms with Crippen molar-refractivity contribution in [1.82, 2.24) is 20.0 Å². The Kier molecular flexibility index (Phi) is 1.43. The summed E-state index contributed by atoms with van der Waals surface area (Å²) in [4.78, 5) is 0. The maximum atomic E-state index is 3.99. The number of nitrogens with zero attached hydrogens (tertiary/aromatic N) is 4. The largest absolute Gasteiger partial charge is 0.193 e. The molecule has 4 heteroatoms. The van der Waals surface area contributed by atoms with Gasteiger partial charge in [-0.05, 0) is 59.0 Å². The number of hydrogen-bond acceptors (Lipinski definition) is 3. The lowest BCUT2D eigenvalue weighted by molar-refractivity contribution is 0.841. The molecule has 0 amide bonds. The third-order valence-corrected chi connectivity index (χ3v) is 3.23. The fraction of sp³-hybridized carbons (Fsp3) is 0.250. The highest BCUT2D eigenvalue weighted by Crippen LogP contribution is 2.40. The first-order chi connectivity index (χ1) is 7.92. The van der Waals surface area contributed by atoms with E-state index in [4.69, 9.17) is 0 Å². The second kappa shape index (κ2) is 2.78. The molecule has 2 heterocycles. The average molecular weight is 210 g/mol. The summed E-state index contributed by atoms with van der Waals surface area (Å²) in [5, 5.41) is 12.8. The predicted octanol–water partition coefficient (Wildman–Crippen LogP) is 2.15. The van der Waals surface area contributed by atoms with Gasteiger partial charge in [-0.15, -0.1) is 5.10 Å². The van der Waals surface area contributed by atoms with Crippen molar-refractivity contribution in [2.24, 2.45) is 0 Å². The minimum absolute atomic E-state index is 0.786. The van der Waals surface area contributed by atoms with Gasteiger partial charge in [0.1, 0.15) is 0 Å². The number of aromatic nitrogens is 4. The zero-order chi connectivity index (χ0) is 10.5. The van der Waals surface area contributed by atoms with Gasteiger partial charge in [-0.3, -0.25) is 0 Å². The van der Waals surface area contributed by atoms with Gasteiger partial charge >= 0.3 is 0 Å². The van der Waals surface area contributed by atoms with Gasteiger partial charge in [-0.1, -0.05) is 6.07 Å². The van der Waals surface area contributed by atoms with Gasteiger partial charge in [0.15, 0.2) is 5.65 Å². The number of pyridine rings is 1. The summed E-state index contributed by atoms with van der Waals surface area (Å²) in [6, 6.07) is 10.6. The molecular weight excluding hydrogens is 200 g/mol. The van der Waals surface area contributed by atoms with E-state index < -0.39 is 0 Å². The molecule has 1 saturated carbocycles. The first-order valence-corrected chi connectivity index (χ1v) is 5.52. The van der Waals surface area contributed by atoms with Crippen molar-refractivity contribution >= 4 is 16.6 Å². The molecule has 4 rings (SSSR count). The Morgan fingerprint density at radius 3 is 2.94 bits per heavy atom. The molecule has 0 bridgehead atoms. The van der Waals surface area contributed by atoms with Crippen LogP contribution in [-0.4, -0.2) is 20.0 Å². The predicted molar refractivity (Wildman–Crippen MR) is 60.3 cm³/mol. The van der Waals surface area contributed by atoms with Crippen LogP contribution in [0.3, 0.4) is 0 Å². The Morgan fingerprint density at radius 2 is 2.06 bits per heavy atom. The molecule has 16 heavy (non-hydrogen) atoms. The van der Waals surface area contributed by atoms with Crippen LogP contribution in [-0.2, 0) is 0 Å². The van der Waals surface area contributed by atoms with Crippen LogP contribution >= 0.6 is 0 Å². The number of fused-ring (bicyclic) bond motifs is 3. The zero-order valence-corrected chi connectivity index (χ0v) is 8.67. The summed E-state index contributed by atoms with van der Waals surface area (Å²) >= 11 is 0. The van der Waals surface area contributed by atoms with Crippen molar-refractivity contribution in [2.75, 3.05) is 0 Å². The van der Waals surface area contributed by atoms with E-state index in [1.165, 1.54) is 23.8 Å². The van der Waals surface area contributed by atoms with E-state index in [0.717, 1.165) is 17.1 Å². The minimum Gasteiger partial charge on any atom is -0.193 e. The number of rotatable bonds is 1. The molecule has 78 valence electrons. The van der Waals surface area contributed by atoms with E-state index >= 15 is 0 Å². The highest BCUT2D eigenvalue weighted by atomic mass is 15.5. The molecule has 0 spiro atoms. The third kappa shape index (κ3) is 1.07. The molecule has 0 atom stereocenters. The molecule has 1 aromatic carbocycles. The number of benzene rings is 1. The minimum atomic E-state index is 0.786. The van der Waals surface area contributed by atoms with Gasteiger partial charge in [0, 0.05) is 5.39 Å². The summed E-state index contributed by atoms with van der Waals surface area (Å²) in [7, 11) is 0. The summed E-state index contributed by atoms with van der Waals surface area (Å²) in [5.41, 5.74) is 3.32. The highest BCUT2D eigenvalue weighted by Gasteiger charge is 2.23. The van der Waals surface area contributed by atoms with Crippen molar-refractivity contribution in [2.45, 2.75) is 18.8 Å². The molecule has 1 aliphatic carbocycles. The van der Waals surface area contributed by atoms with Crippen molar-refractivity contribution in [3.05, 3.63) is 35.9 Å². The lowest BCUT2D eigenvalue weighted by Gasteiger charge is -2.02. The molecule has 4 nitrogen and oxygen atoms in total. The van der Waals surface area contributed by atoms with Crippen LogP contribution in [0.2, 0.25) is 0 Å². The summed E-state index contributed by atoms with van der Waals surface area (Å²) < 4.78 is 1.78. The van der Waals surface area contributed by atoms with Gasteiger partial charge in [0.2, 0.25) is 0 Å². The fourth-order valence-electron chi connectivity index (χ4n) is 2.20. The smallest absolute Gasteiger partial charge is 0.179 e. The van der Waals surface area contributed by atoms with Gasteiger partial charge in [-0.25, -0.2) is 0 Å². The Labute approximate surface area is 91.9 Å². The molecule has 1 aliphatic rings. The Hall–Kier alpha value is -1.97. The van der Waals surface area contributed by atoms with Crippen molar-refractivity contribution in [3.8, 4) is 0 Å². The molecule has 0 aliphatic heterocycles. The van der Waals surface area contributed by atoms with Gasteiger partial charge in [0.05, 0.1) is 5.52 Å². The van der Waals surface area contributed by atoms with E-state index in [1.807, 2.05) is 6.07 Å². The monoisotopic (exact) mass is 210 g/mol. The molecule has 0 saturated heterocycles. The molecule has 0 N–H and O–H groups in total. The van der Waals surface area contributed by atoms with E-state index in [1.54, 1.807) is 4.52 Å². The first-order valence-electron chi connectivity index (χ1n) is 5.52. The van der Waals surface area contributed by atoms with Gasteiger partial charge in [0.25, 0.3) is 0 Å². The lowest BCUT2D eigenvalue weighted by Crippen LogP contribution is -1.91. The molecular formula is C12H10N4. The Balaban J connectivity index is 2.07. The maximum Gasteiger partial charge on any atom is 0.179 e.